The number of urea groups is 1. The van der Waals surface area contributed by atoms with Crippen LogP contribution < -0.4 is 15.0 Å². The summed E-state index contributed by atoms with van der Waals surface area (Å²) < 4.78 is 5.41. The third-order valence-electron chi connectivity index (χ3n) is 3.74. The lowest BCUT2D eigenvalue weighted by atomic mass is 10.2. The van der Waals surface area contributed by atoms with E-state index in [1.54, 1.807) is 7.11 Å². The molecule has 1 N–H and O–H groups in total. The molecule has 22 heavy (non-hydrogen) atoms. The number of carbonyl (C=O) groups excluding carboxylic acids is 1. The zero-order chi connectivity index (χ0) is 15.4. The SMILES string of the molecule is COc1ccccc1N1CCN(C(=O)Nc2cccs2)CC1. The van der Waals surface area contributed by atoms with Crippen LogP contribution in [0.25, 0.3) is 0 Å². The molecule has 0 saturated carbocycles. The fourth-order valence-electron chi connectivity index (χ4n) is 2.58. The minimum absolute atomic E-state index is 0.0258. The molecule has 3 rings (SSSR count). The third kappa shape index (κ3) is 3.17. The van der Waals surface area contributed by atoms with Crippen LogP contribution in [0.3, 0.4) is 0 Å². The Hall–Kier alpha value is -2.21. The number of hydrogen-bond acceptors (Lipinski definition) is 4. The van der Waals surface area contributed by atoms with Crippen molar-refractivity contribution in [3.05, 3.63) is 41.8 Å². The highest BCUT2D eigenvalue weighted by Crippen LogP contribution is 2.28. The minimum Gasteiger partial charge on any atom is -0.495 e. The highest BCUT2D eigenvalue weighted by molar-refractivity contribution is 7.14. The van der Waals surface area contributed by atoms with Crippen LogP contribution in [0.15, 0.2) is 41.8 Å². The summed E-state index contributed by atoms with van der Waals surface area (Å²) in [7, 11) is 1.68. The van der Waals surface area contributed by atoms with Crippen LogP contribution in [0.1, 0.15) is 0 Å². The van der Waals surface area contributed by atoms with E-state index in [1.807, 2.05) is 40.6 Å². The Labute approximate surface area is 134 Å². The van der Waals surface area contributed by atoms with Crippen molar-refractivity contribution < 1.29 is 9.53 Å². The van der Waals surface area contributed by atoms with E-state index in [9.17, 15) is 4.79 Å². The smallest absolute Gasteiger partial charge is 0.322 e. The number of nitrogens with one attached hydrogen (secondary N) is 1. The van der Waals surface area contributed by atoms with Crippen LogP contribution in [0.2, 0.25) is 0 Å². The standard InChI is InChI=1S/C16H19N3O2S/c1-21-14-6-3-2-5-13(14)18-8-10-19(11-9-18)16(20)17-15-7-4-12-22-15/h2-7,12H,8-11H2,1H3,(H,17,20). The highest BCUT2D eigenvalue weighted by Gasteiger charge is 2.22. The summed E-state index contributed by atoms with van der Waals surface area (Å²) in [6.07, 6.45) is 0. The molecule has 1 saturated heterocycles. The van der Waals surface area contributed by atoms with E-state index in [4.69, 9.17) is 4.74 Å². The first-order chi connectivity index (χ1) is 10.8. The average Bonchev–Trinajstić information content (AvgIpc) is 3.08. The van der Waals surface area contributed by atoms with Crippen molar-refractivity contribution in [2.75, 3.05) is 43.5 Å². The van der Waals surface area contributed by atoms with Gasteiger partial charge in [-0.2, -0.15) is 0 Å². The van der Waals surface area contributed by atoms with Gasteiger partial charge in [0.05, 0.1) is 17.8 Å². The summed E-state index contributed by atoms with van der Waals surface area (Å²) in [5.74, 6) is 0.874. The first-order valence-electron chi connectivity index (χ1n) is 7.25. The Morgan fingerprint density at radius 3 is 2.59 bits per heavy atom. The van der Waals surface area contributed by atoms with E-state index in [0.717, 1.165) is 29.5 Å². The number of para-hydroxylation sites is 2. The summed E-state index contributed by atoms with van der Waals surface area (Å²) in [6.45, 7) is 3.01. The topological polar surface area (TPSA) is 44.8 Å². The van der Waals surface area contributed by atoms with E-state index in [2.05, 4.69) is 16.3 Å². The molecule has 0 unspecified atom stereocenters. The molecule has 5 nitrogen and oxygen atoms in total. The Balaban J connectivity index is 1.59. The largest absolute Gasteiger partial charge is 0.495 e. The average molecular weight is 317 g/mol. The monoisotopic (exact) mass is 317 g/mol. The van der Waals surface area contributed by atoms with Crippen molar-refractivity contribution in [1.29, 1.82) is 0 Å². The summed E-state index contributed by atoms with van der Waals surface area (Å²) in [4.78, 5) is 16.3. The molecule has 0 aliphatic carbocycles. The molecule has 2 amide bonds. The van der Waals surface area contributed by atoms with Crippen LogP contribution in [-0.4, -0.2) is 44.2 Å². The molecule has 1 aromatic carbocycles. The van der Waals surface area contributed by atoms with Crippen LogP contribution in [0.4, 0.5) is 15.5 Å². The van der Waals surface area contributed by atoms with E-state index < -0.39 is 0 Å². The fourth-order valence-corrected chi connectivity index (χ4v) is 3.18. The van der Waals surface area contributed by atoms with Crippen molar-refractivity contribution in [3.8, 4) is 5.75 Å². The molecule has 0 spiro atoms. The first-order valence-corrected chi connectivity index (χ1v) is 8.13. The molecule has 2 heterocycles. The van der Waals surface area contributed by atoms with Crippen LogP contribution in [-0.2, 0) is 0 Å². The Morgan fingerprint density at radius 1 is 1.14 bits per heavy atom. The van der Waals surface area contributed by atoms with Crippen molar-refractivity contribution in [2.45, 2.75) is 0 Å². The van der Waals surface area contributed by atoms with Gasteiger partial charge in [-0.1, -0.05) is 12.1 Å². The highest BCUT2D eigenvalue weighted by atomic mass is 32.1. The first kappa shape index (κ1) is 14.7. The van der Waals surface area contributed by atoms with E-state index in [-0.39, 0.29) is 6.03 Å². The van der Waals surface area contributed by atoms with Gasteiger partial charge < -0.3 is 14.5 Å². The molecule has 1 aromatic heterocycles. The fraction of sp³-hybridized carbons (Fsp3) is 0.312. The number of piperazine rings is 1. The maximum absolute atomic E-state index is 12.2. The van der Waals surface area contributed by atoms with Gasteiger partial charge in [0.2, 0.25) is 0 Å². The van der Waals surface area contributed by atoms with Gasteiger partial charge >= 0.3 is 6.03 Å². The molecule has 1 aliphatic rings. The second kappa shape index (κ2) is 6.70. The number of carbonyl (C=O) groups is 1. The molecule has 116 valence electrons. The number of amides is 2. The van der Waals surface area contributed by atoms with Gasteiger partial charge in [-0.05, 0) is 29.6 Å². The quantitative estimate of drug-likeness (QED) is 0.946. The minimum atomic E-state index is -0.0258. The lowest BCUT2D eigenvalue weighted by Gasteiger charge is -2.36. The van der Waals surface area contributed by atoms with Gasteiger partial charge in [0.25, 0.3) is 0 Å². The molecule has 0 atom stereocenters. The van der Waals surface area contributed by atoms with Gasteiger partial charge in [0, 0.05) is 26.2 Å². The number of ether oxygens (including phenoxy) is 1. The van der Waals surface area contributed by atoms with Gasteiger partial charge in [-0.15, -0.1) is 11.3 Å². The van der Waals surface area contributed by atoms with Crippen LogP contribution in [0, 0.1) is 0 Å². The predicted molar refractivity (Wildman–Crippen MR) is 90.1 cm³/mol. The predicted octanol–water partition coefficient (Wildman–Crippen LogP) is 3.11. The lowest BCUT2D eigenvalue weighted by Crippen LogP contribution is -2.50. The van der Waals surface area contributed by atoms with Gasteiger partial charge in [0.1, 0.15) is 5.75 Å². The van der Waals surface area contributed by atoms with Gasteiger partial charge in [-0.25, -0.2) is 4.79 Å². The molecular weight excluding hydrogens is 298 g/mol. The van der Waals surface area contributed by atoms with Gasteiger partial charge in [0.15, 0.2) is 0 Å². The number of rotatable bonds is 3. The van der Waals surface area contributed by atoms with Crippen LogP contribution >= 0.6 is 11.3 Å². The van der Waals surface area contributed by atoms with Crippen molar-refractivity contribution in [2.24, 2.45) is 0 Å². The van der Waals surface area contributed by atoms with Crippen molar-refractivity contribution in [3.63, 3.8) is 0 Å². The second-order valence-electron chi connectivity index (χ2n) is 5.05. The van der Waals surface area contributed by atoms with E-state index >= 15 is 0 Å². The summed E-state index contributed by atoms with van der Waals surface area (Å²) in [5.41, 5.74) is 1.09. The third-order valence-corrected chi connectivity index (χ3v) is 4.53. The molecule has 2 aromatic rings. The Kier molecular flexibility index (Phi) is 4.48. The number of benzene rings is 1. The van der Waals surface area contributed by atoms with Crippen LogP contribution in [0.5, 0.6) is 5.75 Å². The van der Waals surface area contributed by atoms with Crippen molar-refractivity contribution in [1.82, 2.24) is 4.90 Å². The Bertz CT molecular complexity index is 622. The second-order valence-corrected chi connectivity index (χ2v) is 6.00. The normalized spacial score (nSPS) is 14.8. The number of hydrogen-bond donors (Lipinski definition) is 1. The Morgan fingerprint density at radius 2 is 1.91 bits per heavy atom. The van der Waals surface area contributed by atoms with E-state index in [1.165, 1.54) is 11.3 Å². The zero-order valence-electron chi connectivity index (χ0n) is 12.5. The molecule has 6 heteroatoms. The number of methoxy groups -OCH3 is 1. The molecular formula is C16H19N3O2S. The maximum Gasteiger partial charge on any atom is 0.322 e. The zero-order valence-corrected chi connectivity index (χ0v) is 13.3. The maximum atomic E-state index is 12.2. The summed E-state index contributed by atoms with van der Waals surface area (Å²) in [5, 5.41) is 5.77. The summed E-state index contributed by atoms with van der Waals surface area (Å²) in [6, 6.07) is 11.8. The molecule has 1 fully saturated rings. The molecule has 0 radical (unpaired) electrons. The molecule has 1 aliphatic heterocycles. The lowest BCUT2D eigenvalue weighted by molar-refractivity contribution is 0.208. The summed E-state index contributed by atoms with van der Waals surface area (Å²) >= 11 is 1.53. The number of anilines is 2. The number of nitrogens with zero attached hydrogens (tertiary/aromatic N) is 2. The van der Waals surface area contributed by atoms with Gasteiger partial charge in [-0.3, -0.25) is 5.32 Å². The van der Waals surface area contributed by atoms with Crippen molar-refractivity contribution >= 4 is 28.1 Å². The number of thiophene rings is 1. The molecule has 0 bridgehead atoms. The van der Waals surface area contributed by atoms with E-state index in [0.29, 0.717) is 13.1 Å².